The highest BCUT2D eigenvalue weighted by Gasteiger charge is 2.24. The summed E-state index contributed by atoms with van der Waals surface area (Å²) >= 11 is 0. The Balaban J connectivity index is 0.000000980. The molecule has 15 heavy (non-hydrogen) atoms. The topological polar surface area (TPSA) is 24.5 Å². The van der Waals surface area contributed by atoms with Crippen LogP contribution < -0.4 is 5.32 Å². The molecule has 0 radical (unpaired) electrons. The molecule has 2 heterocycles. The smallest absolute Gasteiger partial charge is 0.0717 e. The fourth-order valence-electron chi connectivity index (χ4n) is 2.21. The summed E-state index contributed by atoms with van der Waals surface area (Å²) in [4.78, 5) is 2.35. The minimum absolute atomic E-state index is 0. The van der Waals surface area contributed by atoms with E-state index in [4.69, 9.17) is 4.74 Å². The van der Waals surface area contributed by atoms with E-state index in [1.54, 1.807) is 0 Å². The molecule has 5 heteroatoms. The number of halogens is 2. The molecule has 2 aliphatic rings. The molecule has 92 valence electrons. The summed E-state index contributed by atoms with van der Waals surface area (Å²) in [6, 6.07) is 0. The van der Waals surface area contributed by atoms with Crippen molar-refractivity contribution in [2.24, 2.45) is 0 Å². The zero-order valence-corrected chi connectivity index (χ0v) is 10.9. The van der Waals surface area contributed by atoms with Gasteiger partial charge in [0.25, 0.3) is 0 Å². The van der Waals surface area contributed by atoms with Crippen molar-refractivity contribution in [2.45, 2.75) is 31.5 Å². The van der Waals surface area contributed by atoms with Gasteiger partial charge in [-0.25, -0.2) is 0 Å². The summed E-state index contributed by atoms with van der Waals surface area (Å²) in [5, 5.41) is 3.36. The standard InChI is InChI=1S/C10H20N2O.2ClH/c1-12-7-4-10(8-12)13-9-2-5-11-6-3-9;;/h9-11H,2-8H2,1H3;2*1H/t10-;;/m1../s1. The predicted molar refractivity (Wildman–Crippen MR) is 67.4 cm³/mol. The molecule has 0 amide bonds. The van der Waals surface area contributed by atoms with Crippen molar-refractivity contribution < 1.29 is 4.74 Å². The van der Waals surface area contributed by atoms with Gasteiger partial charge in [-0.2, -0.15) is 0 Å². The van der Waals surface area contributed by atoms with Gasteiger partial charge in [-0.1, -0.05) is 0 Å². The van der Waals surface area contributed by atoms with Gasteiger partial charge in [0.1, 0.15) is 0 Å². The molecule has 0 spiro atoms. The van der Waals surface area contributed by atoms with Crippen LogP contribution in [0.2, 0.25) is 0 Å². The molecular formula is C10H22Cl2N2O. The van der Waals surface area contributed by atoms with Crippen LogP contribution in [-0.4, -0.2) is 50.3 Å². The van der Waals surface area contributed by atoms with Crippen molar-refractivity contribution in [3.8, 4) is 0 Å². The summed E-state index contributed by atoms with van der Waals surface area (Å²) < 4.78 is 6.04. The van der Waals surface area contributed by atoms with E-state index in [2.05, 4.69) is 17.3 Å². The van der Waals surface area contributed by atoms with E-state index in [0.717, 1.165) is 19.6 Å². The highest BCUT2D eigenvalue weighted by Crippen LogP contribution is 2.16. The maximum Gasteiger partial charge on any atom is 0.0717 e. The third-order valence-corrected chi connectivity index (χ3v) is 3.02. The van der Waals surface area contributed by atoms with Crippen LogP contribution in [0.15, 0.2) is 0 Å². The first kappa shape index (κ1) is 15.5. The van der Waals surface area contributed by atoms with Crippen LogP contribution >= 0.6 is 24.8 Å². The van der Waals surface area contributed by atoms with E-state index in [1.807, 2.05) is 0 Å². The van der Waals surface area contributed by atoms with Crippen molar-refractivity contribution in [1.82, 2.24) is 10.2 Å². The van der Waals surface area contributed by atoms with Crippen molar-refractivity contribution >= 4 is 24.8 Å². The number of likely N-dealkylation sites (tertiary alicyclic amines) is 1. The summed E-state index contributed by atoms with van der Waals surface area (Å²) in [5.41, 5.74) is 0. The average Bonchev–Trinajstić information content (AvgIpc) is 2.53. The zero-order chi connectivity index (χ0) is 9.10. The van der Waals surface area contributed by atoms with Gasteiger partial charge in [0.05, 0.1) is 12.2 Å². The summed E-state index contributed by atoms with van der Waals surface area (Å²) in [6.45, 7) is 4.60. The largest absolute Gasteiger partial charge is 0.374 e. The van der Waals surface area contributed by atoms with E-state index in [-0.39, 0.29) is 24.8 Å². The number of likely N-dealkylation sites (N-methyl/N-ethyl adjacent to an activating group) is 1. The van der Waals surface area contributed by atoms with Gasteiger partial charge in [0.2, 0.25) is 0 Å². The summed E-state index contributed by atoms with van der Waals surface area (Å²) in [6.07, 6.45) is 4.65. The Morgan fingerprint density at radius 3 is 2.27 bits per heavy atom. The molecule has 0 aromatic rings. The highest BCUT2D eigenvalue weighted by atomic mass is 35.5. The second-order valence-electron chi connectivity index (χ2n) is 4.26. The lowest BCUT2D eigenvalue weighted by atomic mass is 10.1. The van der Waals surface area contributed by atoms with Crippen LogP contribution in [0.3, 0.4) is 0 Å². The Morgan fingerprint density at radius 1 is 1.07 bits per heavy atom. The molecule has 0 unspecified atom stereocenters. The molecule has 2 aliphatic heterocycles. The average molecular weight is 257 g/mol. The van der Waals surface area contributed by atoms with Gasteiger partial charge in [-0.05, 0) is 39.4 Å². The lowest BCUT2D eigenvalue weighted by molar-refractivity contribution is -0.0197. The molecule has 1 N–H and O–H groups in total. The summed E-state index contributed by atoms with van der Waals surface area (Å²) in [5.74, 6) is 0. The van der Waals surface area contributed by atoms with Crippen LogP contribution in [0.25, 0.3) is 0 Å². The van der Waals surface area contributed by atoms with Crippen LogP contribution in [0.4, 0.5) is 0 Å². The molecule has 0 aliphatic carbocycles. The number of nitrogens with zero attached hydrogens (tertiary/aromatic N) is 1. The Labute approximate surface area is 105 Å². The lowest BCUT2D eigenvalue weighted by Crippen LogP contribution is -2.35. The molecule has 0 bridgehead atoms. The Hall–Kier alpha value is 0.460. The number of ether oxygens (including phenoxy) is 1. The van der Waals surface area contributed by atoms with Crippen molar-refractivity contribution in [2.75, 3.05) is 33.2 Å². The fraction of sp³-hybridized carbons (Fsp3) is 1.00. The molecular weight excluding hydrogens is 235 g/mol. The monoisotopic (exact) mass is 256 g/mol. The zero-order valence-electron chi connectivity index (χ0n) is 9.28. The number of hydrogen-bond donors (Lipinski definition) is 1. The van der Waals surface area contributed by atoms with Gasteiger partial charge >= 0.3 is 0 Å². The van der Waals surface area contributed by atoms with Crippen LogP contribution in [-0.2, 0) is 4.74 Å². The number of nitrogens with one attached hydrogen (secondary N) is 1. The van der Waals surface area contributed by atoms with Crippen molar-refractivity contribution in [3.63, 3.8) is 0 Å². The molecule has 2 rings (SSSR count). The van der Waals surface area contributed by atoms with Crippen LogP contribution in [0.5, 0.6) is 0 Å². The molecule has 3 nitrogen and oxygen atoms in total. The third-order valence-electron chi connectivity index (χ3n) is 3.02. The van der Waals surface area contributed by atoms with Crippen molar-refractivity contribution in [3.05, 3.63) is 0 Å². The Kier molecular flexibility index (Phi) is 7.92. The molecule has 0 saturated carbocycles. The Morgan fingerprint density at radius 2 is 1.73 bits per heavy atom. The molecule has 2 fully saturated rings. The number of rotatable bonds is 2. The maximum absolute atomic E-state index is 6.04. The van der Waals surface area contributed by atoms with Crippen molar-refractivity contribution in [1.29, 1.82) is 0 Å². The second-order valence-corrected chi connectivity index (χ2v) is 4.26. The van der Waals surface area contributed by atoms with E-state index in [1.165, 1.54) is 25.8 Å². The minimum Gasteiger partial charge on any atom is -0.374 e. The van der Waals surface area contributed by atoms with Crippen LogP contribution in [0.1, 0.15) is 19.3 Å². The highest BCUT2D eigenvalue weighted by molar-refractivity contribution is 5.85. The predicted octanol–water partition coefficient (Wildman–Crippen LogP) is 1.30. The summed E-state index contributed by atoms with van der Waals surface area (Å²) in [7, 11) is 2.17. The molecule has 0 aromatic heterocycles. The molecule has 1 atom stereocenters. The lowest BCUT2D eigenvalue weighted by Gasteiger charge is -2.26. The Bertz CT molecular complexity index is 163. The minimum atomic E-state index is 0. The quantitative estimate of drug-likeness (QED) is 0.807. The van der Waals surface area contributed by atoms with Gasteiger partial charge < -0.3 is 15.0 Å². The normalized spacial score (nSPS) is 28.2. The first-order valence-corrected chi connectivity index (χ1v) is 5.39. The van der Waals surface area contributed by atoms with E-state index < -0.39 is 0 Å². The van der Waals surface area contributed by atoms with E-state index in [9.17, 15) is 0 Å². The second kappa shape index (κ2) is 7.69. The van der Waals surface area contributed by atoms with Gasteiger partial charge in [-0.3, -0.25) is 0 Å². The SMILES string of the molecule is CN1CC[C@@H](OC2CCNCC2)C1.Cl.Cl. The molecule has 0 aromatic carbocycles. The van der Waals surface area contributed by atoms with Gasteiger partial charge in [-0.15, -0.1) is 24.8 Å². The molecule has 2 saturated heterocycles. The van der Waals surface area contributed by atoms with E-state index >= 15 is 0 Å². The van der Waals surface area contributed by atoms with Crippen LogP contribution in [0, 0.1) is 0 Å². The first-order chi connectivity index (χ1) is 6.34. The van der Waals surface area contributed by atoms with E-state index in [0.29, 0.717) is 12.2 Å². The fourth-order valence-corrected chi connectivity index (χ4v) is 2.21. The van der Waals surface area contributed by atoms with Gasteiger partial charge in [0, 0.05) is 13.1 Å². The number of hydrogen-bond acceptors (Lipinski definition) is 3. The maximum atomic E-state index is 6.04. The number of piperidine rings is 1. The first-order valence-electron chi connectivity index (χ1n) is 5.39. The third kappa shape index (κ3) is 4.87. The van der Waals surface area contributed by atoms with Gasteiger partial charge in [0.15, 0.2) is 0 Å².